The van der Waals surface area contributed by atoms with Gasteiger partial charge in [0.15, 0.2) is 0 Å². The van der Waals surface area contributed by atoms with Gasteiger partial charge in [-0.1, -0.05) is 29.5 Å². The van der Waals surface area contributed by atoms with Crippen molar-refractivity contribution in [2.75, 3.05) is 24.1 Å². The molecule has 3 aromatic carbocycles. The van der Waals surface area contributed by atoms with Crippen molar-refractivity contribution < 1.29 is 14.7 Å². The minimum Gasteiger partial charge on any atom is -0.399 e. The van der Waals surface area contributed by atoms with E-state index in [0.717, 1.165) is 5.56 Å². The van der Waals surface area contributed by atoms with Gasteiger partial charge in [-0.05, 0) is 66.7 Å². The number of nitrogens with two attached hydrogens (primary N) is 1. The minimum absolute atomic E-state index is 0.124. The quantitative estimate of drug-likeness (QED) is 0.392. The van der Waals surface area contributed by atoms with E-state index >= 15 is 0 Å². The maximum Gasteiger partial charge on any atom is 0.255 e. The Labute approximate surface area is 203 Å². The third-order valence-corrected chi connectivity index (χ3v) is 5.94. The van der Waals surface area contributed by atoms with E-state index in [-0.39, 0.29) is 11.8 Å². The summed E-state index contributed by atoms with van der Waals surface area (Å²) >= 11 is 5.98. The molecule has 1 saturated heterocycles. The number of aliphatic hydroxyl groups is 1. The van der Waals surface area contributed by atoms with Crippen LogP contribution in [0.3, 0.4) is 0 Å². The lowest BCUT2D eigenvalue weighted by molar-refractivity contribution is 0.0249. The van der Waals surface area contributed by atoms with Gasteiger partial charge in [-0.25, -0.2) is 0 Å². The van der Waals surface area contributed by atoms with Crippen LogP contribution >= 0.6 is 11.6 Å². The van der Waals surface area contributed by atoms with Crippen molar-refractivity contribution in [2.45, 2.75) is 18.4 Å². The molecule has 0 radical (unpaired) electrons. The number of anilines is 2. The molecular formula is C27H24ClN3O3. The third-order valence-electron chi connectivity index (χ3n) is 5.70. The molecule has 34 heavy (non-hydrogen) atoms. The Balaban J connectivity index is 1.34. The minimum atomic E-state index is -1.14. The average molecular weight is 474 g/mol. The molecule has 6 nitrogen and oxygen atoms in total. The number of piperidine rings is 1. The molecule has 0 atom stereocenters. The lowest BCUT2D eigenvalue weighted by Gasteiger charge is -2.35. The van der Waals surface area contributed by atoms with Crippen LogP contribution in [0.5, 0.6) is 0 Å². The Hall–Kier alpha value is -3.79. The van der Waals surface area contributed by atoms with Crippen LogP contribution in [0, 0.1) is 11.8 Å². The number of benzene rings is 3. The second-order valence-corrected chi connectivity index (χ2v) is 8.67. The fraction of sp³-hybridized carbons (Fsp3) is 0.185. The van der Waals surface area contributed by atoms with Crippen molar-refractivity contribution >= 4 is 34.8 Å². The summed E-state index contributed by atoms with van der Waals surface area (Å²) in [5.74, 6) is 5.54. The summed E-state index contributed by atoms with van der Waals surface area (Å²) in [6, 6.07) is 20.6. The van der Waals surface area contributed by atoms with Crippen LogP contribution in [-0.2, 0) is 0 Å². The molecule has 1 aliphatic rings. The van der Waals surface area contributed by atoms with Gasteiger partial charge in [-0.2, -0.15) is 0 Å². The molecule has 0 aromatic heterocycles. The van der Waals surface area contributed by atoms with E-state index in [9.17, 15) is 14.7 Å². The van der Waals surface area contributed by atoms with Crippen LogP contribution in [-0.4, -0.2) is 40.5 Å². The zero-order valence-corrected chi connectivity index (χ0v) is 19.2. The van der Waals surface area contributed by atoms with Crippen LogP contribution in [0.25, 0.3) is 0 Å². The summed E-state index contributed by atoms with van der Waals surface area (Å²) < 4.78 is 0. The van der Waals surface area contributed by atoms with Crippen molar-refractivity contribution in [3.05, 3.63) is 94.5 Å². The number of carbonyl (C=O) groups excluding carboxylic acids is 2. The molecule has 0 saturated carbocycles. The largest absolute Gasteiger partial charge is 0.399 e. The van der Waals surface area contributed by atoms with E-state index in [0.29, 0.717) is 53.5 Å². The van der Waals surface area contributed by atoms with Gasteiger partial charge >= 0.3 is 0 Å². The van der Waals surface area contributed by atoms with Crippen LogP contribution in [0.2, 0.25) is 5.02 Å². The molecule has 4 rings (SSSR count). The SMILES string of the molecule is Nc1ccc(C(=O)Nc2ccc(C(=O)N3CCC(O)(C#Cc4cccc(Cl)c4)CC3)cc2)cc1. The van der Waals surface area contributed by atoms with Gasteiger partial charge in [0.05, 0.1) is 0 Å². The second kappa shape index (κ2) is 10.0. The predicted molar refractivity (Wildman–Crippen MR) is 134 cm³/mol. The number of hydrogen-bond donors (Lipinski definition) is 3. The lowest BCUT2D eigenvalue weighted by Crippen LogP contribution is -2.46. The highest BCUT2D eigenvalue weighted by molar-refractivity contribution is 6.30. The standard InChI is InChI=1S/C27H24ClN3O3/c28-22-3-1-2-19(18-22)12-13-27(34)14-16-31(17-15-27)26(33)21-6-10-24(11-7-21)30-25(32)20-4-8-23(29)9-5-20/h1-11,18,34H,14-17,29H2,(H,30,32). The highest BCUT2D eigenvalue weighted by Crippen LogP contribution is 2.24. The van der Waals surface area contributed by atoms with Crippen LogP contribution in [0.4, 0.5) is 11.4 Å². The Morgan fingerprint density at radius 2 is 1.62 bits per heavy atom. The Kier molecular flexibility index (Phi) is 6.87. The lowest BCUT2D eigenvalue weighted by atomic mass is 9.91. The third kappa shape index (κ3) is 5.76. The molecule has 172 valence electrons. The van der Waals surface area contributed by atoms with E-state index in [1.165, 1.54) is 0 Å². The molecular weight excluding hydrogens is 450 g/mol. The number of nitrogen functional groups attached to an aromatic ring is 1. The summed E-state index contributed by atoms with van der Waals surface area (Å²) in [5, 5.41) is 14.2. The molecule has 2 amide bonds. The number of likely N-dealkylation sites (tertiary alicyclic amines) is 1. The van der Waals surface area contributed by atoms with Crippen LogP contribution < -0.4 is 11.1 Å². The fourth-order valence-corrected chi connectivity index (χ4v) is 3.87. The van der Waals surface area contributed by atoms with E-state index in [1.807, 2.05) is 12.1 Å². The maximum absolute atomic E-state index is 12.9. The van der Waals surface area contributed by atoms with E-state index < -0.39 is 5.60 Å². The molecule has 4 N–H and O–H groups in total. The number of carbonyl (C=O) groups is 2. The molecule has 1 aliphatic heterocycles. The number of nitrogens with zero attached hydrogens (tertiary/aromatic N) is 1. The summed E-state index contributed by atoms with van der Waals surface area (Å²) in [4.78, 5) is 27.0. The van der Waals surface area contributed by atoms with Crippen LogP contribution in [0.15, 0.2) is 72.8 Å². The van der Waals surface area contributed by atoms with Crippen molar-refractivity contribution in [2.24, 2.45) is 0 Å². The Morgan fingerprint density at radius 3 is 2.26 bits per heavy atom. The summed E-state index contributed by atoms with van der Waals surface area (Å²) in [6.07, 6.45) is 0.726. The highest BCUT2D eigenvalue weighted by atomic mass is 35.5. The molecule has 1 heterocycles. The first kappa shape index (κ1) is 23.4. The molecule has 1 fully saturated rings. The fourth-order valence-electron chi connectivity index (χ4n) is 3.68. The van der Waals surface area contributed by atoms with Gasteiger partial charge in [0, 0.05) is 59.0 Å². The highest BCUT2D eigenvalue weighted by Gasteiger charge is 2.32. The molecule has 0 bridgehead atoms. The molecule has 0 aliphatic carbocycles. The molecule has 7 heteroatoms. The Bertz CT molecular complexity index is 1250. The molecule has 0 spiro atoms. The van der Waals surface area contributed by atoms with Crippen molar-refractivity contribution in [1.82, 2.24) is 4.90 Å². The molecule has 3 aromatic rings. The van der Waals surface area contributed by atoms with Gasteiger partial charge in [-0.3, -0.25) is 9.59 Å². The number of nitrogens with one attached hydrogen (secondary N) is 1. The normalized spacial score (nSPS) is 14.6. The first-order chi connectivity index (χ1) is 16.3. The summed E-state index contributed by atoms with van der Waals surface area (Å²) in [7, 11) is 0. The smallest absolute Gasteiger partial charge is 0.255 e. The zero-order valence-electron chi connectivity index (χ0n) is 18.4. The second-order valence-electron chi connectivity index (χ2n) is 8.24. The zero-order chi connectivity index (χ0) is 24.1. The van der Waals surface area contributed by atoms with E-state index in [1.54, 1.807) is 65.6 Å². The topological polar surface area (TPSA) is 95.7 Å². The summed E-state index contributed by atoms with van der Waals surface area (Å²) in [6.45, 7) is 0.796. The number of halogens is 1. The first-order valence-corrected chi connectivity index (χ1v) is 11.3. The number of amides is 2. The molecule has 0 unspecified atom stereocenters. The van der Waals surface area contributed by atoms with E-state index in [2.05, 4.69) is 17.2 Å². The maximum atomic E-state index is 12.9. The number of rotatable bonds is 3. The van der Waals surface area contributed by atoms with Gasteiger partial charge in [0.1, 0.15) is 5.60 Å². The van der Waals surface area contributed by atoms with E-state index in [4.69, 9.17) is 17.3 Å². The van der Waals surface area contributed by atoms with Crippen molar-refractivity contribution in [1.29, 1.82) is 0 Å². The number of hydrogen-bond acceptors (Lipinski definition) is 4. The predicted octanol–water partition coefficient (Wildman–Crippen LogP) is 4.19. The van der Waals surface area contributed by atoms with Gasteiger partial charge in [-0.15, -0.1) is 0 Å². The monoisotopic (exact) mass is 473 g/mol. The van der Waals surface area contributed by atoms with Crippen molar-refractivity contribution in [3.63, 3.8) is 0 Å². The van der Waals surface area contributed by atoms with Gasteiger partial charge in [0.25, 0.3) is 11.8 Å². The average Bonchev–Trinajstić information content (AvgIpc) is 2.84. The van der Waals surface area contributed by atoms with Gasteiger partial charge < -0.3 is 21.1 Å². The Morgan fingerprint density at radius 1 is 0.971 bits per heavy atom. The van der Waals surface area contributed by atoms with Gasteiger partial charge in [0.2, 0.25) is 0 Å². The summed E-state index contributed by atoms with van der Waals surface area (Å²) in [5.41, 5.74) is 7.43. The van der Waals surface area contributed by atoms with Crippen LogP contribution in [0.1, 0.15) is 39.1 Å². The van der Waals surface area contributed by atoms with Crippen molar-refractivity contribution in [3.8, 4) is 11.8 Å². The first-order valence-electron chi connectivity index (χ1n) is 10.9.